The molecule has 0 aliphatic rings. The van der Waals surface area contributed by atoms with Crippen molar-refractivity contribution < 1.29 is 9.53 Å². The number of carbonyl (C=O) groups excluding carboxylic acids is 1. The van der Waals surface area contributed by atoms with E-state index in [1.165, 1.54) is 0 Å². The zero-order valence-electron chi connectivity index (χ0n) is 12.3. The maximum atomic E-state index is 12.0. The summed E-state index contributed by atoms with van der Waals surface area (Å²) in [7, 11) is 3.72. The van der Waals surface area contributed by atoms with Crippen LogP contribution in [0.15, 0.2) is 0 Å². The number of methoxy groups -OCH3 is 1. The highest BCUT2D eigenvalue weighted by molar-refractivity contribution is 5.76. The first-order valence-electron chi connectivity index (χ1n) is 6.77. The van der Waals surface area contributed by atoms with Crippen LogP contribution >= 0.6 is 0 Å². The Morgan fingerprint density at radius 1 is 1.33 bits per heavy atom. The van der Waals surface area contributed by atoms with Gasteiger partial charge in [0.25, 0.3) is 0 Å². The highest BCUT2D eigenvalue weighted by Crippen LogP contribution is 2.05. The molecule has 0 aromatic carbocycles. The molecule has 5 heteroatoms. The van der Waals surface area contributed by atoms with Crippen LogP contribution in [0, 0.1) is 0 Å². The van der Waals surface area contributed by atoms with Crippen molar-refractivity contribution in [3.8, 4) is 0 Å². The minimum Gasteiger partial charge on any atom is -0.385 e. The molecule has 0 aromatic heterocycles. The van der Waals surface area contributed by atoms with Crippen molar-refractivity contribution in [2.24, 2.45) is 5.73 Å². The molecule has 1 unspecified atom stereocenters. The summed E-state index contributed by atoms with van der Waals surface area (Å²) in [5.74, 6) is 0.189. The van der Waals surface area contributed by atoms with E-state index in [0.717, 1.165) is 32.7 Å². The minimum atomic E-state index is 0.120. The van der Waals surface area contributed by atoms with Gasteiger partial charge in [0.05, 0.1) is 0 Å². The third-order valence-electron chi connectivity index (χ3n) is 3.28. The van der Waals surface area contributed by atoms with Crippen molar-refractivity contribution in [1.29, 1.82) is 0 Å². The number of hydrogen-bond acceptors (Lipinski definition) is 4. The van der Waals surface area contributed by atoms with Crippen LogP contribution in [0.3, 0.4) is 0 Å². The van der Waals surface area contributed by atoms with Crippen molar-refractivity contribution in [3.63, 3.8) is 0 Å². The Hall–Kier alpha value is -0.650. The van der Waals surface area contributed by atoms with Crippen LogP contribution in [0.2, 0.25) is 0 Å². The van der Waals surface area contributed by atoms with Gasteiger partial charge in [-0.25, -0.2) is 0 Å². The summed E-state index contributed by atoms with van der Waals surface area (Å²) in [6.45, 7) is 7.69. The summed E-state index contributed by atoms with van der Waals surface area (Å²) in [6, 6.07) is 0.120. The molecule has 0 radical (unpaired) electrons. The quantitative estimate of drug-likeness (QED) is 0.582. The molecule has 0 saturated carbocycles. The smallest absolute Gasteiger partial charge is 0.224 e. The Morgan fingerprint density at radius 2 is 1.94 bits per heavy atom. The molecule has 0 aliphatic heterocycles. The summed E-state index contributed by atoms with van der Waals surface area (Å²) in [6.07, 6.45) is 1.46. The van der Waals surface area contributed by atoms with Crippen LogP contribution in [0.4, 0.5) is 0 Å². The van der Waals surface area contributed by atoms with Gasteiger partial charge in [-0.15, -0.1) is 0 Å². The number of nitrogens with two attached hydrogens (primary N) is 1. The van der Waals surface area contributed by atoms with Gasteiger partial charge in [-0.05, 0) is 27.3 Å². The van der Waals surface area contributed by atoms with Gasteiger partial charge in [0, 0.05) is 52.4 Å². The van der Waals surface area contributed by atoms with Gasteiger partial charge >= 0.3 is 0 Å². The Morgan fingerprint density at radius 3 is 2.39 bits per heavy atom. The van der Waals surface area contributed by atoms with Gasteiger partial charge in [0.2, 0.25) is 5.91 Å². The van der Waals surface area contributed by atoms with Gasteiger partial charge in [-0.1, -0.05) is 0 Å². The number of nitrogens with zero attached hydrogens (tertiary/aromatic N) is 2. The topological polar surface area (TPSA) is 58.8 Å². The first-order chi connectivity index (χ1) is 8.60. The van der Waals surface area contributed by atoms with Crippen LogP contribution in [0.5, 0.6) is 0 Å². The van der Waals surface area contributed by atoms with E-state index in [4.69, 9.17) is 10.5 Å². The van der Waals surface area contributed by atoms with E-state index in [0.29, 0.717) is 13.0 Å². The second kappa shape index (κ2) is 10.3. The van der Waals surface area contributed by atoms with Crippen LogP contribution in [-0.4, -0.2) is 68.7 Å². The number of amides is 1. The van der Waals surface area contributed by atoms with Gasteiger partial charge < -0.3 is 20.3 Å². The van der Waals surface area contributed by atoms with Crippen molar-refractivity contribution >= 4 is 5.91 Å². The molecule has 0 aromatic rings. The minimum absolute atomic E-state index is 0.120. The number of likely N-dealkylation sites (N-methyl/N-ethyl adjacent to an activating group) is 1. The molecule has 0 bridgehead atoms. The maximum Gasteiger partial charge on any atom is 0.224 e. The number of carbonyl (C=O) groups is 1. The first-order valence-corrected chi connectivity index (χ1v) is 6.77. The molecule has 108 valence electrons. The fraction of sp³-hybridized carbons (Fsp3) is 0.923. The van der Waals surface area contributed by atoms with Gasteiger partial charge in [0.1, 0.15) is 0 Å². The van der Waals surface area contributed by atoms with Crippen molar-refractivity contribution in [1.82, 2.24) is 9.80 Å². The molecule has 0 aliphatic carbocycles. The lowest BCUT2D eigenvalue weighted by atomic mass is 10.1. The molecule has 0 spiro atoms. The summed E-state index contributed by atoms with van der Waals surface area (Å²) in [5, 5.41) is 0. The van der Waals surface area contributed by atoms with Crippen LogP contribution < -0.4 is 5.73 Å². The predicted molar refractivity (Wildman–Crippen MR) is 74.5 cm³/mol. The van der Waals surface area contributed by atoms with Crippen molar-refractivity contribution in [3.05, 3.63) is 0 Å². The van der Waals surface area contributed by atoms with Gasteiger partial charge in [-0.2, -0.15) is 0 Å². The average molecular weight is 259 g/mol. The lowest BCUT2D eigenvalue weighted by Crippen LogP contribution is -2.43. The van der Waals surface area contributed by atoms with E-state index in [9.17, 15) is 4.79 Å². The van der Waals surface area contributed by atoms with E-state index >= 15 is 0 Å². The molecule has 18 heavy (non-hydrogen) atoms. The molecule has 5 nitrogen and oxygen atoms in total. The molecular weight excluding hydrogens is 230 g/mol. The van der Waals surface area contributed by atoms with E-state index < -0.39 is 0 Å². The lowest BCUT2D eigenvalue weighted by molar-refractivity contribution is -0.132. The number of hydrogen-bond donors (Lipinski definition) is 1. The normalized spacial score (nSPS) is 12.8. The Balaban J connectivity index is 4.19. The Kier molecular flexibility index (Phi) is 9.92. The summed E-state index contributed by atoms with van der Waals surface area (Å²) >= 11 is 0. The summed E-state index contributed by atoms with van der Waals surface area (Å²) in [5.41, 5.74) is 5.77. The second-order valence-electron chi connectivity index (χ2n) is 4.49. The standard InChI is InChI=1S/C13H29N3O2/c1-5-16(6-2)13(17)10-12(11-14)15(3)8-7-9-18-4/h12H,5-11,14H2,1-4H3. The predicted octanol–water partition coefficient (Wildman–Crippen LogP) is 0.541. The SMILES string of the molecule is CCN(CC)C(=O)CC(CN)N(C)CCCOC. The average Bonchev–Trinajstić information content (AvgIpc) is 2.37. The fourth-order valence-corrected chi connectivity index (χ4v) is 1.97. The highest BCUT2D eigenvalue weighted by atomic mass is 16.5. The van der Waals surface area contributed by atoms with Gasteiger partial charge in [-0.3, -0.25) is 4.79 Å². The molecule has 0 fully saturated rings. The van der Waals surface area contributed by atoms with Crippen molar-refractivity contribution in [2.45, 2.75) is 32.7 Å². The first kappa shape index (κ1) is 17.4. The van der Waals surface area contributed by atoms with Crippen LogP contribution in [0.1, 0.15) is 26.7 Å². The molecule has 2 N–H and O–H groups in total. The van der Waals surface area contributed by atoms with Crippen LogP contribution in [0.25, 0.3) is 0 Å². The largest absolute Gasteiger partial charge is 0.385 e. The number of ether oxygens (including phenoxy) is 1. The fourth-order valence-electron chi connectivity index (χ4n) is 1.97. The number of rotatable bonds is 10. The third-order valence-corrected chi connectivity index (χ3v) is 3.28. The van der Waals surface area contributed by atoms with E-state index in [1.807, 2.05) is 25.8 Å². The molecule has 0 heterocycles. The van der Waals surface area contributed by atoms with Crippen LogP contribution in [-0.2, 0) is 9.53 Å². The van der Waals surface area contributed by atoms with Gasteiger partial charge in [0.15, 0.2) is 0 Å². The second-order valence-corrected chi connectivity index (χ2v) is 4.49. The maximum absolute atomic E-state index is 12.0. The molecule has 0 rings (SSSR count). The zero-order valence-corrected chi connectivity index (χ0v) is 12.3. The van der Waals surface area contributed by atoms with E-state index in [2.05, 4.69) is 4.90 Å². The Bertz CT molecular complexity index is 220. The molecular formula is C13H29N3O2. The van der Waals surface area contributed by atoms with E-state index in [-0.39, 0.29) is 11.9 Å². The summed E-state index contributed by atoms with van der Waals surface area (Å²) in [4.78, 5) is 16.0. The van der Waals surface area contributed by atoms with E-state index in [1.54, 1.807) is 7.11 Å². The Labute approximate surface area is 111 Å². The third kappa shape index (κ3) is 6.33. The molecule has 1 amide bonds. The van der Waals surface area contributed by atoms with Crippen molar-refractivity contribution in [2.75, 3.05) is 46.9 Å². The highest BCUT2D eigenvalue weighted by Gasteiger charge is 2.19. The summed E-state index contributed by atoms with van der Waals surface area (Å²) < 4.78 is 5.03. The monoisotopic (exact) mass is 259 g/mol. The molecule has 1 atom stereocenters. The zero-order chi connectivity index (χ0) is 14.0. The molecule has 0 saturated heterocycles. The lowest BCUT2D eigenvalue weighted by Gasteiger charge is -2.28.